The SMILES string of the molecule is O=CC1CCCc2nn(Cc3cc(F)c(F)cc3F)c(=O)n21. The van der Waals surface area contributed by atoms with Gasteiger partial charge < -0.3 is 4.79 Å². The molecular formula is C14H12F3N3O2. The number of carbonyl (C=O) groups excluding carboxylic acids is 1. The van der Waals surface area contributed by atoms with Crippen molar-refractivity contribution in [1.29, 1.82) is 0 Å². The predicted molar refractivity (Wildman–Crippen MR) is 69.9 cm³/mol. The number of aryl methyl sites for hydroxylation is 1. The molecule has 5 nitrogen and oxygen atoms in total. The summed E-state index contributed by atoms with van der Waals surface area (Å²) in [5, 5.41) is 4.06. The first kappa shape index (κ1) is 14.6. The monoisotopic (exact) mass is 311 g/mol. The molecule has 116 valence electrons. The Hall–Kier alpha value is -2.38. The van der Waals surface area contributed by atoms with E-state index in [2.05, 4.69) is 5.10 Å². The zero-order chi connectivity index (χ0) is 15.9. The van der Waals surface area contributed by atoms with Crippen molar-refractivity contribution in [3.63, 3.8) is 0 Å². The minimum atomic E-state index is -1.29. The van der Waals surface area contributed by atoms with Crippen molar-refractivity contribution in [1.82, 2.24) is 14.3 Å². The fraction of sp³-hybridized carbons (Fsp3) is 0.357. The van der Waals surface area contributed by atoms with Gasteiger partial charge in [0.25, 0.3) is 0 Å². The van der Waals surface area contributed by atoms with Gasteiger partial charge in [0, 0.05) is 18.1 Å². The third-order valence-electron chi connectivity index (χ3n) is 3.74. The molecule has 1 aromatic heterocycles. The Kier molecular flexibility index (Phi) is 3.59. The summed E-state index contributed by atoms with van der Waals surface area (Å²) in [6.45, 7) is -0.326. The van der Waals surface area contributed by atoms with Gasteiger partial charge in [-0.25, -0.2) is 22.6 Å². The Morgan fingerprint density at radius 3 is 2.68 bits per heavy atom. The van der Waals surface area contributed by atoms with Gasteiger partial charge in [-0.1, -0.05) is 0 Å². The van der Waals surface area contributed by atoms with Crippen molar-refractivity contribution in [2.24, 2.45) is 0 Å². The van der Waals surface area contributed by atoms with E-state index in [1.165, 1.54) is 4.57 Å². The number of nitrogens with zero attached hydrogens (tertiary/aromatic N) is 3. The molecule has 0 saturated heterocycles. The first-order chi connectivity index (χ1) is 10.5. The van der Waals surface area contributed by atoms with Gasteiger partial charge in [-0.3, -0.25) is 4.57 Å². The summed E-state index contributed by atoms with van der Waals surface area (Å²) in [4.78, 5) is 23.3. The number of aldehydes is 1. The number of hydrogen-bond donors (Lipinski definition) is 0. The normalized spacial score (nSPS) is 17.3. The number of benzene rings is 1. The van der Waals surface area contributed by atoms with Crippen LogP contribution in [0, 0.1) is 17.5 Å². The molecule has 22 heavy (non-hydrogen) atoms. The molecule has 8 heteroatoms. The van der Waals surface area contributed by atoms with Crippen LogP contribution in [0.1, 0.15) is 30.3 Å². The van der Waals surface area contributed by atoms with Crippen LogP contribution in [0.5, 0.6) is 0 Å². The summed E-state index contributed by atoms with van der Waals surface area (Å²) >= 11 is 0. The molecule has 0 spiro atoms. The lowest BCUT2D eigenvalue weighted by molar-refractivity contribution is -0.111. The van der Waals surface area contributed by atoms with Gasteiger partial charge in [0.2, 0.25) is 0 Å². The first-order valence-corrected chi connectivity index (χ1v) is 6.78. The van der Waals surface area contributed by atoms with E-state index in [4.69, 9.17) is 0 Å². The van der Waals surface area contributed by atoms with Crippen LogP contribution >= 0.6 is 0 Å². The Bertz CT molecular complexity index is 797. The summed E-state index contributed by atoms with van der Waals surface area (Å²) in [5.41, 5.74) is -0.741. The average molecular weight is 311 g/mol. The van der Waals surface area contributed by atoms with Crippen molar-refractivity contribution in [2.75, 3.05) is 0 Å². The van der Waals surface area contributed by atoms with Gasteiger partial charge >= 0.3 is 5.69 Å². The smallest absolute Gasteiger partial charge is 0.301 e. The summed E-state index contributed by atoms with van der Waals surface area (Å²) in [6.07, 6.45) is 2.47. The highest BCUT2D eigenvalue weighted by Crippen LogP contribution is 2.20. The van der Waals surface area contributed by atoms with Gasteiger partial charge in [0.05, 0.1) is 12.6 Å². The molecule has 1 aliphatic rings. The number of carbonyl (C=O) groups is 1. The number of hydrogen-bond acceptors (Lipinski definition) is 3. The summed E-state index contributed by atoms with van der Waals surface area (Å²) in [7, 11) is 0. The molecule has 0 bridgehead atoms. The first-order valence-electron chi connectivity index (χ1n) is 6.78. The number of fused-ring (bicyclic) bond motifs is 1. The second-order valence-electron chi connectivity index (χ2n) is 5.18. The zero-order valence-corrected chi connectivity index (χ0v) is 11.4. The van der Waals surface area contributed by atoms with Crippen LogP contribution in [-0.4, -0.2) is 20.6 Å². The fourth-order valence-electron chi connectivity index (χ4n) is 2.65. The van der Waals surface area contributed by atoms with Crippen LogP contribution in [-0.2, 0) is 17.8 Å². The topological polar surface area (TPSA) is 56.9 Å². The molecule has 2 aromatic rings. The van der Waals surface area contributed by atoms with Crippen molar-refractivity contribution < 1.29 is 18.0 Å². The van der Waals surface area contributed by atoms with E-state index in [0.717, 1.165) is 11.1 Å². The lowest BCUT2D eigenvalue weighted by atomic mass is 10.1. The van der Waals surface area contributed by atoms with E-state index in [1.807, 2.05) is 0 Å². The lowest BCUT2D eigenvalue weighted by Gasteiger charge is -2.17. The minimum absolute atomic E-state index is 0.181. The van der Waals surface area contributed by atoms with Gasteiger partial charge in [0.1, 0.15) is 17.9 Å². The largest absolute Gasteiger partial charge is 0.346 e. The fourth-order valence-corrected chi connectivity index (χ4v) is 2.65. The lowest BCUT2D eigenvalue weighted by Crippen LogP contribution is -2.31. The van der Waals surface area contributed by atoms with Crippen LogP contribution in [0.15, 0.2) is 16.9 Å². The summed E-state index contributed by atoms with van der Waals surface area (Å²) in [6, 6.07) is 0.548. The van der Waals surface area contributed by atoms with E-state index >= 15 is 0 Å². The second-order valence-corrected chi connectivity index (χ2v) is 5.18. The van der Waals surface area contributed by atoms with Gasteiger partial charge in [0.15, 0.2) is 11.6 Å². The van der Waals surface area contributed by atoms with Crippen LogP contribution in [0.4, 0.5) is 13.2 Å². The Morgan fingerprint density at radius 2 is 1.95 bits per heavy atom. The molecule has 0 aliphatic carbocycles. The van der Waals surface area contributed by atoms with Crippen LogP contribution in [0.3, 0.4) is 0 Å². The molecule has 1 atom stereocenters. The molecule has 0 fully saturated rings. The van der Waals surface area contributed by atoms with Crippen LogP contribution in [0.25, 0.3) is 0 Å². The van der Waals surface area contributed by atoms with Gasteiger partial charge in [-0.2, -0.15) is 5.10 Å². The summed E-state index contributed by atoms with van der Waals surface area (Å²) in [5.74, 6) is -3.00. The highest BCUT2D eigenvalue weighted by atomic mass is 19.2. The highest BCUT2D eigenvalue weighted by molar-refractivity contribution is 5.56. The molecule has 0 amide bonds. The second kappa shape index (κ2) is 5.43. The molecule has 1 aromatic carbocycles. The van der Waals surface area contributed by atoms with Crippen molar-refractivity contribution in [3.8, 4) is 0 Å². The van der Waals surface area contributed by atoms with E-state index in [0.29, 0.717) is 37.1 Å². The predicted octanol–water partition coefficient (Wildman–Crippen LogP) is 1.59. The number of rotatable bonds is 3. The van der Waals surface area contributed by atoms with E-state index in [1.54, 1.807) is 0 Å². The third kappa shape index (κ3) is 2.34. The number of aromatic nitrogens is 3. The average Bonchev–Trinajstić information content (AvgIpc) is 2.81. The molecule has 0 saturated carbocycles. The maximum Gasteiger partial charge on any atom is 0.346 e. The maximum absolute atomic E-state index is 13.7. The Labute approximate surface area is 123 Å². The Morgan fingerprint density at radius 1 is 1.23 bits per heavy atom. The van der Waals surface area contributed by atoms with E-state index < -0.39 is 29.2 Å². The molecule has 2 heterocycles. The van der Waals surface area contributed by atoms with E-state index in [9.17, 15) is 22.8 Å². The number of halogens is 3. The van der Waals surface area contributed by atoms with Crippen molar-refractivity contribution in [2.45, 2.75) is 31.8 Å². The molecular weight excluding hydrogens is 299 g/mol. The maximum atomic E-state index is 13.7. The van der Waals surface area contributed by atoms with Gasteiger partial charge in [-0.05, 0) is 18.9 Å². The molecule has 3 rings (SSSR count). The molecule has 0 N–H and O–H groups in total. The molecule has 1 unspecified atom stereocenters. The molecule has 1 aliphatic heterocycles. The quantitative estimate of drug-likeness (QED) is 0.639. The summed E-state index contributed by atoms with van der Waals surface area (Å²) < 4.78 is 42.0. The molecule has 0 radical (unpaired) electrons. The van der Waals surface area contributed by atoms with Crippen molar-refractivity contribution >= 4 is 6.29 Å². The van der Waals surface area contributed by atoms with Gasteiger partial charge in [-0.15, -0.1) is 0 Å². The third-order valence-corrected chi connectivity index (χ3v) is 3.74. The zero-order valence-electron chi connectivity index (χ0n) is 11.4. The standard InChI is InChI=1S/C14H12F3N3O2/c15-10-5-12(17)11(16)4-8(10)6-19-14(22)20-9(7-21)2-1-3-13(20)18-19/h4-5,7,9H,1-3,6H2. The van der Waals surface area contributed by atoms with E-state index in [-0.39, 0.29) is 12.1 Å². The van der Waals surface area contributed by atoms with Crippen LogP contribution in [0.2, 0.25) is 0 Å². The van der Waals surface area contributed by atoms with Crippen LogP contribution < -0.4 is 5.69 Å². The highest BCUT2D eigenvalue weighted by Gasteiger charge is 2.25. The van der Waals surface area contributed by atoms with Crippen molar-refractivity contribution in [3.05, 3.63) is 51.5 Å². The minimum Gasteiger partial charge on any atom is -0.301 e. The Balaban J connectivity index is 2.01.